The number of nitrogens with zero attached hydrogens (tertiary/aromatic N) is 4. The third-order valence-corrected chi connectivity index (χ3v) is 4.46. The highest BCUT2D eigenvalue weighted by atomic mass is 79.9. The van der Waals surface area contributed by atoms with Crippen molar-refractivity contribution in [3.63, 3.8) is 0 Å². The van der Waals surface area contributed by atoms with Gasteiger partial charge in [0.15, 0.2) is 0 Å². The minimum atomic E-state index is -0.498. The van der Waals surface area contributed by atoms with Crippen LogP contribution in [0.5, 0.6) is 0 Å². The van der Waals surface area contributed by atoms with Gasteiger partial charge in [-0.05, 0) is 27.4 Å². The van der Waals surface area contributed by atoms with E-state index in [4.69, 9.17) is 0 Å². The van der Waals surface area contributed by atoms with Crippen molar-refractivity contribution in [1.82, 2.24) is 15.0 Å². The number of aromatic nitrogens is 3. The molecule has 3 rings (SSSR count). The fourth-order valence-corrected chi connectivity index (χ4v) is 3.19. The number of nitro groups is 1. The first-order valence-corrected chi connectivity index (χ1v) is 8.10. The van der Waals surface area contributed by atoms with Crippen molar-refractivity contribution in [3.05, 3.63) is 54.5 Å². The molecule has 0 atom stereocenters. The summed E-state index contributed by atoms with van der Waals surface area (Å²) in [4.78, 5) is 35.4. The van der Waals surface area contributed by atoms with E-state index >= 15 is 0 Å². The zero-order valence-corrected chi connectivity index (χ0v) is 14.2. The van der Waals surface area contributed by atoms with E-state index in [1.54, 1.807) is 23.4 Å². The predicted octanol–water partition coefficient (Wildman–Crippen LogP) is 2.69. The molecule has 0 unspecified atom stereocenters. The van der Waals surface area contributed by atoms with Gasteiger partial charge in [0.2, 0.25) is 5.82 Å². The van der Waals surface area contributed by atoms with Crippen molar-refractivity contribution in [3.8, 4) is 0 Å². The van der Waals surface area contributed by atoms with Crippen LogP contribution in [-0.2, 0) is 6.54 Å². The monoisotopic (exact) mass is 395 g/mol. The molecule has 0 bridgehead atoms. The molecule has 0 aliphatic carbocycles. The number of thiophene rings is 1. The molecule has 0 saturated heterocycles. The molecule has 3 heterocycles. The molecule has 3 aromatic heterocycles. The molecule has 0 aliphatic heterocycles. The normalized spacial score (nSPS) is 10.9. The van der Waals surface area contributed by atoms with Gasteiger partial charge < -0.3 is 9.88 Å². The highest BCUT2D eigenvalue weighted by Crippen LogP contribution is 2.28. The molecule has 3 aromatic rings. The smallest absolute Gasteiger partial charge is 0.312 e. The van der Waals surface area contributed by atoms with Gasteiger partial charge >= 0.3 is 5.69 Å². The lowest BCUT2D eigenvalue weighted by Crippen LogP contribution is -2.22. The first-order valence-electron chi connectivity index (χ1n) is 6.43. The summed E-state index contributed by atoms with van der Waals surface area (Å²) < 4.78 is 1.08. The summed E-state index contributed by atoms with van der Waals surface area (Å²) in [6.45, 7) is 0.191. The van der Waals surface area contributed by atoms with Crippen LogP contribution in [0.25, 0.3) is 10.2 Å². The molecule has 0 fully saturated rings. The summed E-state index contributed by atoms with van der Waals surface area (Å²) in [5.41, 5.74) is 0.271. The van der Waals surface area contributed by atoms with Crippen LogP contribution < -0.4 is 10.5 Å². The highest BCUT2D eigenvalue weighted by Gasteiger charge is 2.20. The first-order chi connectivity index (χ1) is 11.0. The molecule has 8 nitrogen and oxygen atoms in total. The van der Waals surface area contributed by atoms with E-state index in [1.165, 1.54) is 23.6 Å². The molecule has 0 spiro atoms. The van der Waals surface area contributed by atoms with Gasteiger partial charge in [0, 0.05) is 23.8 Å². The van der Waals surface area contributed by atoms with Gasteiger partial charge in [0.1, 0.15) is 10.5 Å². The summed E-state index contributed by atoms with van der Waals surface area (Å²) in [7, 11) is 1.65. The first kappa shape index (κ1) is 15.6. The lowest BCUT2D eigenvalue weighted by Gasteiger charge is -2.17. The van der Waals surface area contributed by atoms with Crippen LogP contribution in [-0.4, -0.2) is 26.9 Å². The summed E-state index contributed by atoms with van der Waals surface area (Å²) in [6, 6.07) is 3.15. The molecular formula is C13H10BrN5O3S. The van der Waals surface area contributed by atoms with Crippen LogP contribution in [0.15, 0.2) is 33.0 Å². The summed E-state index contributed by atoms with van der Waals surface area (Å²) in [5.74, 6) is 0.619. The van der Waals surface area contributed by atoms with Crippen molar-refractivity contribution in [2.45, 2.75) is 6.54 Å². The fraction of sp³-hybridized carbons (Fsp3) is 0.154. The highest BCUT2D eigenvalue weighted by molar-refractivity contribution is 9.10. The summed E-state index contributed by atoms with van der Waals surface area (Å²) >= 11 is 4.49. The summed E-state index contributed by atoms with van der Waals surface area (Å²) in [6.07, 6.45) is 1.48. The Labute approximate surface area is 142 Å². The minimum Gasteiger partial charge on any atom is -0.346 e. The van der Waals surface area contributed by atoms with Gasteiger partial charge in [-0.25, -0.2) is 9.97 Å². The molecule has 0 radical (unpaired) electrons. The Morgan fingerprint density at radius 1 is 1.52 bits per heavy atom. The number of nitrogens with one attached hydrogen (secondary N) is 1. The van der Waals surface area contributed by atoms with Crippen LogP contribution >= 0.6 is 27.3 Å². The predicted molar refractivity (Wildman–Crippen MR) is 90.9 cm³/mol. The number of aromatic amines is 1. The fourth-order valence-electron chi connectivity index (χ4n) is 2.15. The number of hydrogen-bond acceptors (Lipinski definition) is 7. The SMILES string of the molecule is CN(Cc1nc2ccsc2c(=O)[nH]1)c1ncc(Br)cc1[N+](=O)[O-]. The van der Waals surface area contributed by atoms with E-state index in [2.05, 4.69) is 30.9 Å². The number of hydrogen-bond donors (Lipinski definition) is 1. The van der Waals surface area contributed by atoms with Gasteiger partial charge in [-0.3, -0.25) is 14.9 Å². The van der Waals surface area contributed by atoms with Crippen molar-refractivity contribution in [2.75, 3.05) is 11.9 Å². The molecule has 23 heavy (non-hydrogen) atoms. The second-order valence-corrected chi connectivity index (χ2v) is 6.59. The van der Waals surface area contributed by atoms with Crippen molar-refractivity contribution in [2.24, 2.45) is 0 Å². The van der Waals surface area contributed by atoms with Crippen LogP contribution in [0, 0.1) is 10.1 Å². The van der Waals surface area contributed by atoms with Gasteiger partial charge in [0.05, 0.1) is 17.0 Å². The van der Waals surface area contributed by atoms with Crippen molar-refractivity contribution in [1.29, 1.82) is 0 Å². The Hall–Kier alpha value is -2.33. The molecule has 0 saturated carbocycles. The Bertz CT molecular complexity index is 954. The number of rotatable bonds is 4. The molecule has 10 heteroatoms. The Balaban J connectivity index is 1.96. The van der Waals surface area contributed by atoms with E-state index in [1.807, 2.05) is 0 Å². The average molecular weight is 396 g/mol. The van der Waals surface area contributed by atoms with E-state index in [0.29, 0.717) is 20.5 Å². The zero-order valence-electron chi connectivity index (χ0n) is 11.8. The minimum absolute atomic E-state index is 0.124. The van der Waals surface area contributed by atoms with Crippen molar-refractivity contribution < 1.29 is 4.92 Å². The van der Waals surface area contributed by atoms with Gasteiger partial charge in [-0.2, -0.15) is 0 Å². The van der Waals surface area contributed by atoms with Crippen LogP contribution in [0.1, 0.15) is 5.82 Å². The average Bonchev–Trinajstić information content (AvgIpc) is 2.95. The Kier molecular flexibility index (Phi) is 4.09. The topological polar surface area (TPSA) is 105 Å². The molecular weight excluding hydrogens is 386 g/mol. The maximum atomic E-state index is 12.0. The summed E-state index contributed by atoms with van der Waals surface area (Å²) in [5, 5.41) is 13.0. The number of H-pyrrole nitrogens is 1. The molecule has 0 aliphatic rings. The number of fused-ring (bicyclic) bond motifs is 1. The number of anilines is 1. The van der Waals surface area contributed by atoms with E-state index in [-0.39, 0.29) is 23.6 Å². The van der Waals surface area contributed by atoms with Gasteiger partial charge in [0.25, 0.3) is 5.56 Å². The van der Waals surface area contributed by atoms with Crippen LogP contribution in [0.4, 0.5) is 11.5 Å². The molecule has 0 amide bonds. The second-order valence-electron chi connectivity index (χ2n) is 4.76. The largest absolute Gasteiger partial charge is 0.346 e. The maximum absolute atomic E-state index is 12.0. The Morgan fingerprint density at radius 3 is 3.04 bits per heavy atom. The van der Waals surface area contributed by atoms with E-state index in [9.17, 15) is 14.9 Å². The standard InChI is InChI=1S/C13H10BrN5O3S/c1-18(12-9(19(21)22)4-7(14)5-15-12)6-10-16-8-2-3-23-11(8)13(20)17-10/h2-5H,6H2,1H3,(H,16,17,20). The van der Waals surface area contributed by atoms with Crippen LogP contribution in [0.3, 0.4) is 0 Å². The lowest BCUT2D eigenvalue weighted by molar-refractivity contribution is -0.384. The van der Waals surface area contributed by atoms with E-state index < -0.39 is 4.92 Å². The third kappa shape index (κ3) is 3.08. The van der Waals surface area contributed by atoms with Crippen LogP contribution in [0.2, 0.25) is 0 Å². The second kappa shape index (κ2) is 6.05. The molecule has 0 aromatic carbocycles. The quantitative estimate of drug-likeness (QED) is 0.537. The number of halogens is 1. The molecule has 1 N–H and O–H groups in total. The zero-order chi connectivity index (χ0) is 16.6. The number of pyridine rings is 1. The Morgan fingerprint density at radius 2 is 2.30 bits per heavy atom. The van der Waals surface area contributed by atoms with Gasteiger partial charge in [-0.1, -0.05) is 0 Å². The van der Waals surface area contributed by atoms with E-state index in [0.717, 1.165) is 0 Å². The molecule has 118 valence electrons. The van der Waals surface area contributed by atoms with Crippen molar-refractivity contribution >= 4 is 49.0 Å². The lowest BCUT2D eigenvalue weighted by atomic mass is 10.3. The van der Waals surface area contributed by atoms with Gasteiger partial charge in [-0.15, -0.1) is 11.3 Å². The third-order valence-electron chi connectivity index (χ3n) is 3.12. The maximum Gasteiger partial charge on any atom is 0.312 e.